The highest BCUT2D eigenvalue weighted by atomic mass is 35.5. The lowest BCUT2D eigenvalue weighted by atomic mass is 10.1. The Bertz CT molecular complexity index is 436. The molecule has 18 heavy (non-hydrogen) atoms. The first-order valence-electron chi connectivity index (χ1n) is 5.41. The van der Waals surface area contributed by atoms with Gasteiger partial charge in [-0.3, -0.25) is 4.79 Å². The van der Waals surface area contributed by atoms with Crippen molar-refractivity contribution < 1.29 is 19.8 Å². The number of benzene rings is 1. The summed E-state index contributed by atoms with van der Waals surface area (Å²) >= 11 is 5.78. The maximum atomic E-state index is 11.5. The van der Waals surface area contributed by atoms with E-state index in [1.807, 2.05) is 0 Å². The molecule has 0 aliphatic carbocycles. The average molecular weight is 272 g/mol. The number of aliphatic hydroxyl groups is 1. The number of halogens is 1. The third-order valence-corrected chi connectivity index (χ3v) is 2.51. The zero-order chi connectivity index (χ0) is 13.5. The monoisotopic (exact) mass is 271 g/mol. The second-order valence-corrected chi connectivity index (χ2v) is 4.24. The van der Waals surface area contributed by atoms with Crippen LogP contribution in [0, 0.1) is 0 Å². The summed E-state index contributed by atoms with van der Waals surface area (Å²) in [6.07, 6.45) is -1.29. The highest BCUT2D eigenvalue weighted by Gasteiger charge is 2.12. The van der Waals surface area contributed by atoms with Gasteiger partial charge >= 0.3 is 5.97 Å². The molecular formula is C12H14ClNO4. The van der Waals surface area contributed by atoms with E-state index in [1.54, 1.807) is 24.3 Å². The van der Waals surface area contributed by atoms with E-state index in [4.69, 9.17) is 21.8 Å². The number of nitrogens with one attached hydrogen (secondary N) is 1. The van der Waals surface area contributed by atoms with Gasteiger partial charge in [0.15, 0.2) is 6.10 Å². The van der Waals surface area contributed by atoms with Crippen LogP contribution in [0.25, 0.3) is 0 Å². The van der Waals surface area contributed by atoms with Gasteiger partial charge in [0, 0.05) is 18.0 Å². The zero-order valence-corrected chi connectivity index (χ0v) is 10.4. The largest absolute Gasteiger partial charge is 0.479 e. The molecule has 98 valence electrons. The van der Waals surface area contributed by atoms with Crippen molar-refractivity contribution in [3.05, 3.63) is 34.9 Å². The lowest BCUT2D eigenvalue weighted by molar-refractivity contribution is -0.147. The molecule has 0 saturated heterocycles. The first-order valence-corrected chi connectivity index (χ1v) is 5.79. The summed E-state index contributed by atoms with van der Waals surface area (Å²) in [6, 6.07) is 6.93. The van der Waals surface area contributed by atoms with Gasteiger partial charge in [0.05, 0.1) is 6.42 Å². The van der Waals surface area contributed by atoms with Crippen molar-refractivity contribution >= 4 is 23.5 Å². The van der Waals surface area contributed by atoms with Crippen LogP contribution >= 0.6 is 11.6 Å². The minimum absolute atomic E-state index is 0.0172. The predicted molar refractivity (Wildman–Crippen MR) is 66.4 cm³/mol. The van der Waals surface area contributed by atoms with Crippen molar-refractivity contribution in [2.45, 2.75) is 18.9 Å². The lowest BCUT2D eigenvalue weighted by Gasteiger charge is -2.07. The molecule has 1 amide bonds. The molecule has 1 atom stereocenters. The van der Waals surface area contributed by atoms with Crippen molar-refractivity contribution in [1.82, 2.24) is 5.32 Å². The summed E-state index contributed by atoms with van der Waals surface area (Å²) in [5, 5.41) is 20.5. The molecule has 6 heteroatoms. The van der Waals surface area contributed by atoms with Gasteiger partial charge in [-0.2, -0.15) is 0 Å². The van der Waals surface area contributed by atoms with E-state index >= 15 is 0 Å². The Hall–Kier alpha value is -1.59. The molecule has 0 spiro atoms. The van der Waals surface area contributed by atoms with Crippen LogP contribution in [0.4, 0.5) is 0 Å². The predicted octanol–water partition coefficient (Wildman–Crippen LogP) is 0.834. The van der Waals surface area contributed by atoms with E-state index in [-0.39, 0.29) is 25.3 Å². The number of hydrogen-bond acceptors (Lipinski definition) is 3. The number of aliphatic hydroxyl groups excluding tert-OH is 1. The summed E-state index contributed by atoms with van der Waals surface area (Å²) in [5.74, 6) is -1.53. The van der Waals surface area contributed by atoms with Gasteiger partial charge in [0.2, 0.25) is 5.91 Å². The van der Waals surface area contributed by atoms with Gasteiger partial charge < -0.3 is 15.5 Å². The minimum atomic E-state index is -1.45. The molecule has 0 aromatic heterocycles. The second-order valence-electron chi connectivity index (χ2n) is 3.80. The fourth-order valence-electron chi connectivity index (χ4n) is 1.37. The molecule has 1 unspecified atom stereocenters. The molecule has 0 aliphatic heterocycles. The molecule has 0 saturated carbocycles. The maximum Gasteiger partial charge on any atom is 0.332 e. The number of rotatable bonds is 6. The Morgan fingerprint density at radius 2 is 2.11 bits per heavy atom. The molecule has 1 aromatic rings. The Labute approximate surface area is 109 Å². The van der Waals surface area contributed by atoms with Crippen molar-refractivity contribution in [2.24, 2.45) is 0 Å². The fraction of sp³-hybridized carbons (Fsp3) is 0.333. The number of aliphatic carboxylic acids is 1. The highest BCUT2D eigenvalue weighted by Crippen LogP contribution is 2.10. The molecule has 0 radical (unpaired) electrons. The Morgan fingerprint density at radius 3 is 2.72 bits per heavy atom. The van der Waals surface area contributed by atoms with Crippen molar-refractivity contribution in [3.8, 4) is 0 Å². The summed E-state index contributed by atoms with van der Waals surface area (Å²) in [5.41, 5.74) is 0.777. The normalized spacial score (nSPS) is 11.9. The molecule has 0 heterocycles. The summed E-state index contributed by atoms with van der Waals surface area (Å²) in [7, 11) is 0. The number of carboxylic acid groups (broad SMARTS) is 1. The van der Waals surface area contributed by atoms with Gasteiger partial charge in [-0.25, -0.2) is 4.79 Å². The Morgan fingerprint density at radius 1 is 1.39 bits per heavy atom. The standard InChI is InChI=1S/C12H14ClNO4/c13-9-3-1-2-8(6-9)7-11(16)14-5-4-10(15)12(17)18/h1-3,6,10,15H,4-5,7H2,(H,14,16)(H,17,18). The van der Waals surface area contributed by atoms with Crippen LogP contribution in [0.5, 0.6) is 0 Å². The van der Waals surface area contributed by atoms with Crippen molar-refractivity contribution in [2.75, 3.05) is 6.54 Å². The zero-order valence-electron chi connectivity index (χ0n) is 9.60. The molecule has 5 nitrogen and oxygen atoms in total. The van der Waals surface area contributed by atoms with Crippen LogP contribution in [0.2, 0.25) is 5.02 Å². The summed E-state index contributed by atoms with van der Waals surface area (Å²) in [4.78, 5) is 21.8. The second kappa shape index (κ2) is 6.98. The van der Waals surface area contributed by atoms with Crippen LogP contribution < -0.4 is 5.32 Å². The minimum Gasteiger partial charge on any atom is -0.479 e. The van der Waals surface area contributed by atoms with E-state index in [2.05, 4.69) is 5.32 Å². The summed E-state index contributed by atoms with van der Waals surface area (Å²) < 4.78 is 0. The summed E-state index contributed by atoms with van der Waals surface area (Å²) in [6.45, 7) is 0.118. The van der Waals surface area contributed by atoms with Gasteiger partial charge in [-0.05, 0) is 17.7 Å². The average Bonchev–Trinajstić information content (AvgIpc) is 2.28. The van der Waals surface area contributed by atoms with Gasteiger partial charge in [0.1, 0.15) is 0 Å². The van der Waals surface area contributed by atoms with Crippen molar-refractivity contribution in [1.29, 1.82) is 0 Å². The number of carbonyl (C=O) groups excluding carboxylic acids is 1. The van der Waals surface area contributed by atoms with E-state index in [0.29, 0.717) is 5.02 Å². The first-order chi connectivity index (χ1) is 8.49. The number of hydrogen-bond donors (Lipinski definition) is 3. The fourth-order valence-corrected chi connectivity index (χ4v) is 1.58. The highest BCUT2D eigenvalue weighted by molar-refractivity contribution is 6.30. The molecule has 0 aliphatic rings. The van der Waals surface area contributed by atoms with Crippen LogP contribution in [0.1, 0.15) is 12.0 Å². The number of carboxylic acids is 1. The van der Waals surface area contributed by atoms with Crippen LogP contribution in [0.15, 0.2) is 24.3 Å². The van der Waals surface area contributed by atoms with Gasteiger partial charge in [-0.15, -0.1) is 0 Å². The number of amides is 1. The van der Waals surface area contributed by atoms with Crippen molar-refractivity contribution in [3.63, 3.8) is 0 Å². The molecular weight excluding hydrogens is 258 g/mol. The maximum absolute atomic E-state index is 11.5. The first kappa shape index (κ1) is 14.5. The molecule has 1 rings (SSSR count). The molecule has 1 aromatic carbocycles. The Balaban J connectivity index is 2.32. The van der Waals surface area contributed by atoms with E-state index in [1.165, 1.54) is 0 Å². The molecule has 0 fully saturated rings. The van der Waals surface area contributed by atoms with E-state index < -0.39 is 12.1 Å². The number of carbonyl (C=O) groups is 2. The van der Waals surface area contributed by atoms with E-state index in [0.717, 1.165) is 5.56 Å². The van der Waals surface area contributed by atoms with Crippen LogP contribution in [0.3, 0.4) is 0 Å². The molecule has 0 bridgehead atoms. The smallest absolute Gasteiger partial charge is 0.332 e. The quantitative estimate of drug-likeness (QED) is 0.715. The van der Waals surface area contributed by atoms with E-state index in [9.17, 15) is 9.59 Å². The van der Waals surface area contributed by atoms with Crippen LogP contribution in [-0.4, -0.2) is 34.7 Å². The SMILES string of the molecule is O=C(Cc1cccc(Cl)c1)NCCC(O)C(=O)O. The van der Waals surface area contributed by atoms with Gasteiger partial charge in [0.25, 0.3) is 0 Å². The third kappa shape index (κ3) is 5.16. The topological polar surface area (TPSA) is 86.6 Å². The molecule has 3 N–H and O–H groups in total. The Kier molecular flexibility index (Phi) is 5.61. The lowest BCUT2D eigenvalue weighted by Crippen LogP contribution is -2.30. The third-order valence-electron chi connectivity index (χ3n) is 2.28. The van der Waals surface area contributed by atoms with Crippen LogP contribution in [-0.2, 0) is 16.0 Å². The van der Waals surface area contributed by atoms with Gasteiger partial charge in [-0.1, -0.05) is 23.7 Å².